The molecule has 0 radical (unpaired) electrons. The van der Waals surface area contributed by atoms with E-state index in [-0.39, 0.29) is 5.92 Å². The van der Waals surface area contributed by atoms with Crippen molar-refractivity contribution in [3.63, 3.8) is 0 Å². The van der Waals surface area contributed by atoms with Gasteiger partial charge in [0.05, 0.1) is 31.4 Å². The summed E-state index contributed by atoms with van der Waals surface area (Å²) in [5, 5.41) is 0. The summed E-state index contributed by atoms with van der Waals surface area (Å²) in [6, 6.07) is 0. The number of nitrogens with zero attached hydrogens (tertiary/aromatic N) is 4. The lowest BCUT2D eigenvalue weighted by Crippen LogP contribution is -2.39. The summed E-state index contributed by atoms with van der Waals surface area (Å²) >= 11 is 0. The summed E-state index contributed by atoms with van der Waals surface area (Å²) < 4.78 is 30.4. The molecule has 0 saturated carbocycles. The Balaban J connectivity index is 1.76. The van der Waals surface area contributed by atoms with Crippen LogP contribution in [0.25, 0.3) is 0 Å². The van der Waals surface area contributed by atoms with Crippen LogP contribution in [0.2, 0.25) is 0 Å². The molecule has 0 N–H and O–H groups in total. The van der Waals surface area contributed by atoms with Crippen molar-refractivity contribution in [2.45, 2.75) is 18.8 Å². The second-order valence-corrected chi connectivity index (χ2v) is 7.84. The average Bonchev–Trinajstić information content (AvgIpc) is 2.55. The normalized spacial score (nSPS) is 24.4. The van der Waals surface area contributed by atoms with Crippen molar-refractivity contribution in [1.82, 2.24) is 14.3 Å². The van der Waals surface area contributed by atoms with Gasteiger partial charge in [-0.1, -0.05) is 0 Å². The molecule has 0 bridgehead atoms. The lowest BCUT2D eigenvalue weighted by atomic mass is 9.96. The fraction of sp³-hybridized carbons (Fsp3) is 0.714. The smallest absolute Gasteiger partial charge is 0.211 e. The molecule has 1 aromatic rings. The molecule has 7 nitrogen and oxygen atoms in total. The lowest BCUT2D eigenvalue weighted by molar-refractivity contribution is 0.122. The summed E-state index contributed by atoms with van der Waals surface area (Å²) in [5.74, 6) is 0.981. The number of rotatable bonds is 3. The monoisotopic (exact) mass is 326 g/mol. The van der Waals surface area contributed by atoms with E-state index in [4.69, 9.17) is 9.72 Å². The largest absolute Gasteiger partial charge is 0.378 e. The van der Waals surface area contributed by atoms with E-state index in [0.717, 1.165) is 37.4 Å². The van der Waals surface area contributed by atoms with Crippen molar-refractivity contribution in [2.75, 3.05) is 50.5 Å². The van der Waals surface area contributed by atoms with Crippen LogP contribution in [0.5, 0.6) is 0 Å². The maximum atomic E-state index is 11.7. The van der Waals surface area contributed by atoms with Crippen molar-refractivity contribution >= 4 is 15.8 Å². The van der Waals surface area contributed by atoms with Crippen LogP contribution in [0, 0.1) is 0 Å². The number of hydrogen-bond donors (Lipinski definition) is 0. The highest BCUT2D eigenvalue weighted by Crippen LogP contribution is 2.27. The molecule has 1 aromatic heterocycles. The number of sulfonamides is 1. The molecule has 2 aliphatic heterocycles. The Morgan fingerprint density at radius 2 is 2.00 bits per heavy atom. The molecule has 22 heavy (non-hydrogen) atoms. The van der Waals surface area contributed by atoms with E-state index in [1.807, 2.05) is 0 Å². The first-order valence-corrected chi connectivity index (χ1v) is 9.48. The molecule has 0 aromatic carbocycles. The third-order valence-electron chi connectivity index (χ3n) is 4.25. The standard InChI is InChI=1S/C14H22N4O3S/c1-22(19,20)18-4-2-3-12(11-18)13-9-15-10-14(16-13)17-5-7-21-8-6-17/h9-10,12H,2-8,11H2,1H3/t12-/m0/s1. The van der Waals surface area contributed by atoms with Crippen LogP contribution in [0.4, 0.5) is 5.82 Å². The number of ether oxygens (including phenoxy) is 1. The third-order valence-corrected chi connectivity index (χ3v) is 5.52. The van der Waals surface area contributed by atoms with Crippen LogP contribution in [0.15, 0.2) is 12.4 Å². The van der Waals surface area contributed by atoms with Crippen molar-refractivity contribution < 1.29 is 13.2 Å². The van der Waals surface area contributed by atoms with Crippen molar-refractivity contribution in [2.24, 2.45) is 0 Å². The molecular weight excluding hydrogens is 304 g/mol. The van der Waals surface area contributed by atoms with Gasteiger partial charge in [0.2, 0.25) is 10.0 Å². The fourth-order valence-corrected chi connectivity index (χ4v) is 3.91. The van der Waals surface area contributed by atoms with Crippen molar-refractivity contribution in [1.29, 1.82) is 0 Å². The molecule has 0 spiro atoms. The first kappa shape index (κ1) is 15.6. The second-order valence-electron chi connectivity index (χ2n) is 5.86. The van der Waals surface area contributed by atoms with Crippen LogP contribution in [-0.2, 0) is 14.8 Å². The highest BCUT2D eigenvalue weighted by molar-refractivity contribution is 7.88. The predicted molar refractivity (Wildman–Crippen MR) is 83.5 cm³/mol. The first-order valence-electron chi connectivity index (χ1n) is 7.64. The number of piperidine rings is 1. The molecule has 8 heteroatoms. The molecule has 0 aliphatic carbocycles. The van der Waals surface area contributed by atoms with E-state index in [9.17, 15) is 8.42 Å². The van der Waals surface area contributed by atoms with Gasteiger partial charge in [0.1, 0.15) is 5.82 Å². The molecule has 3 rings (SSSR count). The number of morpholine rings is 1. The molecule has 3 heterocycles. The molecule has 0 unspecified atom stereocenters. The fourth-order valence-electron chi connectivity index (χ4n) is 3.00. The quantitative estimate of drug-likeness (QED) is 0.803. The highest BCUT2D eigenvalue weighted by atomic mass is 32.2. The minimum atomic E-state index is -3.14. The topological polar surface area (TPSA) is 75.6 Å². The Kier molecular flexibility index (Phi) is 4.60. The SMILES string of the molecule is CS(=O)(=O)N1CCC[C@H](c2cncc(N3CCOCC3)n2)C1. The minimum absolute atomic E-state index is 0.122. The summed E-state index contributed by atoms with van der Waals surface area (Å²) in [6.45, 7) is 4.15. The van der Waals surface area contributed by atoms with Crippen molar-refractivity contribution in [3.8, 4) is 0 Å². The summed E-state index contributed by atoms with van der Waals surface area (Å²) in [7, 11) is -3.14. The van der Waals surface area contributed by atoms with Crippen LogP contribution >= 0.6 is 0 Å². The maximum absolute atomic E-state index is 11.7. The van der Waals surface area contributed by atoms with Gasteiger partial charge < -0.3 is 9.64 Å². The van der Waals surface area contributed by atoms with E-state index >= 15 is 0 Å². The summed E-state index contributed by atoms with van der Waals surface area (Å²) in [4.78, 5) is 11.2. The molecule has 122 valence electrons. The van der Waals surface area contributed by atoms with E-state index in [1.54, 1.807) is 16.7 Å². The zero-order valence-electron chi connectivity index (χ0n) is 12.8. The second kappa shape index (κ2) is 6.47. The van der Waals surface area contributed by atoms with Crippen LogP contribution in [0.1, 0.15) is 24.5 Å². The molecule has 1 atom stereocenters. The average molecular weight is 326 g/mol. The zero-order chi connectivity index (χ0) is 15.6. The van der Waals surface area contributed by atoms with Gasteiger partial charge in [-0.2, -0.15) is 0 Å². The Morgan fingerprint density at radius 1 is 1.23 bits per heavy atom. The maximum Gasteiger partial charge on any atom is 0.211 e. The van der Waals surface area contributed by atoms with Gasteiger partial charge in [-0.25, -0.2) is 17.7 Å². The van der Waals surface area contributed by atoms with Gasteiger partial charge in [0.25, 0.3) is 0 Å². The highest BCUT2D eigenvalue weighted by Gasteiger charge is 2.28. The first-order chi connectivity index (χ1) is 10.5. The number of aromatic nitrogens is 2. The summed E-state index contributed by atoms with van der Waals surface area (Å²) in [5.41, 5.74) is 0.886. The zero-order valence-corrected chi connectivity index (χ0v) is 13.6. The van der Waals surface area contributed by atoms with Crippen molar-refractivity contribution in [3.05, 3.63) is 18.1 Å². The van der Waals surface area contributed by atoms with Crippen LogP contribution in [-0.4, -0.2) is 68.3 Å². The minimum Gasteiger partial charge on any atom is -0.378 e. The number of anilines is 1. The number of hydrogen-bond acceptors (Lipinski definition) is 6. The Morgan fingerprint density at radius 3 is 2.73 bits per heavy atom. The van der Waals surface area contributed by atoms with Gasteiger partial charge in [-0.3, -0.25) is 4.98 Å². The third kappa shape index (κ3) is 3.56. The Labute approximate surface area is 131 Å². The molecular formula is C14H22N4O3S. The van der Waals surface area contributed by atoms with Crippen LogP contribution < -0.4 is 4.90 Å². The van der Waals surface area contributed by atoms with Gasteiger partial charge in [-0.05, 0) is 12.8 Å². The van der Waals surface area contributed by atoms with E-state index in [0.29, 0.717) is 26.3 Å². The lowest BCUT2D eigenvalue weighted by Gasteiger charge is -2.31. The molecule has 2 aliphatic rings. The van der Waals surface area contributed by atoms with E-state index in [2.05, 4.69) is 9.88 Å². The Hall–Kier alpha value is -1.25. The van der Waals surface area contributed by atoms with Gasteiger partial charge in [0, 0.05) is 38.3 Å². The van der Waals surface area contributed by atoms with Gasteiger partial charge in [0.15, 0.2) is 0 Å². The molecule has 2 fully saturated rings. The predicted octanol–water partition coefficient (Wildman–Crippen LogP) is 0.452. The Bertz CT molecular complexity index is 616. The molecule has 0 amide bonds. The van der Waals surface area contributed by atoms with E-state index in [1.165, 1.54) is 6.26 Å². The van der Waals surface area contributed by atoms with Crippen LogP contribution in [0.3, 0.4) is 0 Å². The van der Waals surface area contributed by atoms with Gasteiger partial charge >= 0.3 is 0 Å². The van der Waals surface area contributed by atoms with Gasteiger partial charge in [-0.15, -0.1) is 0 Å². The van der Waals surface area contributed by atoms with E-state index < -0.39 is 10.0 Å². The molecule has 2 saturated heterocycles. The summed E-state index contributed by atoms with van der Waals surface area (Å²) in [6.07, 6.45) is 6.62.